The molecule has 0 atom stereocenters. The molecule has 2 aromatic rings. The van der Waals surface area contributed by atoms with Crippen molar-refractivity contribution in [3.63, 3.8) is 0 Å². The predicted molar refractivity (Wildman–Crippen MR) is 129 cm³/mol. The zero-order valence-electron chi connectivity index (χ0n) is 19.0. The zero-order chi connectivity index (χ0) is 20.6. The van der Waals surface area contributed by atoms with Crippen LogP contribution in [0.5, 0.6) is 0 Å². The van der Waals surface area contributed by atoms with Gasteiger partial charge in [0.1, 0.15) is 5.82 Å². The third-order valence-corrected chi connectivity index (χ3v) is 6.05. The van der Waals surface area contributed by atoms with Crippen LogP contribution in [0, 0.1) is 0 Å². The Morgan fingerprint density at radius 1 is 0.759 bits per heavy atom. The summed E-state index contributed by atoms with van der Waals surface area (Å²) in [6.07, 6.45) is 24.2. The van der Waals surface area contributed by atoms with Gasteiger partial charge in [0.05, 0.1) is 11.0 Å². The number of benzene rings is 1. The lowest BCUT2D eigenvalue weighted by atomic mass is 10.0. The van der Waals surface area contributed by atoms with Gasteiger partial charge >= 0.3 is 0 Å². The summed E-state index contributed by atoms with van der Waals surface area (Å²) in [5.41, 5.74) is 2.36. The summed E-state index contributed by atoms with van der Waals surface area (Å²) in [5.74, 6) is 1.22. The van der Waals surface area contributed by atoms with Gasteiger partial charge in [-0.25, -0.2) is 4.98 Å². The highest BCUT2D eigenvalue weighted by atomic mass is 15.1. The fraction of sp³-hybridized carbons (Fsp3) is 0.667. The van der Waals surface area contributed by atoms with Crippen LogP contribution in [0.25, 0.3) is 11.0 Å². The summed E-state index contributed by atoms with van der Waals surface area (Å²) < 4.78 is 2.33. The van der Waals surface area contributed by atoms with Crippen molar-refractivity contribution in [2.24, 2.45) is 0 Å². The predicted octanol–water partition coefficient (Wildman–Crippen LogP) is 8.64. The second-order valence-electron chi connectivity index (χ2n) is 8.62. The molecule has 0 fully saturated rings. The molecule has 1 aromatic carbocycles. The molecule has 0 saturated heterocycles. The van der Waals surface area contributed by atoms with Gasteiger partial charge in [-0.15, -0.1) is 6.58 Å². The van der Waals surface area contributed by atoms with Crippen molar-refractivity contribution in [2.75, 3.05) is 0 Å². The highest BCUT2D eigenvalue weighted by Crippen LogP contribution is 2.19. The standard InChI is InChI=1S/C27H44N2/c1-3-5-6-7-8-9-10-11-12-13-14-15-16-17-18-23-27-28-25-21-19-20-22-26(25)29(27)24-4-2/h4,19-22H,2-3,5-18,23-24H2,1H3. The third-order valence-electron chi connectivity index (χ3n) is 6.05. The normalized spacial score (nSPS) is 11.3. The van der Waals surface area contributed by atoms with Crippen LogP contribution in [0.15, 0.2) is 36.9 Å². The summed E-state index contributed by atoms with van der Waals surface area (Å²) in [5, 5.41) is 0. The van der Waals surface area contributed by atoms with Crippen molar-refractivity contribution in [1.29, 1.82) is 0 Å². The molecule has 29 heavy (non-hydrogen) atoms. The number of hydrogen-bond acceptors (Lipinski definition) is 1. The van der Waals surface area contributed by atoms with Gasteiger partial charge in [0.25, 0.3) is 0 Å². The third kappa shape index (κ3) is 9.19. The first-order valence-corrected chi connectivity index (χ1v) is 12.4. The van der Waals surface area contributed by atoms with Gasteiger partial charge in [-0.3, -0.25) is 0 Å². The van der Waals surface area contributed by atoms with Crippen molar-refractivity contribution < 1.29 is 0 Å². The largest absolute Gasteiger partial charge is 0.324 e. The van der Waals surface area contributed by atoms with Gasteiger partial charge in [0, 0.05) is 13.0 Å². The Balaban J connectivity index is 1.47. The van der Waals surface area contributed by atoms with E-state index < -0.39 is 0 Å². The van der Waals surface area contributed by atoms with Crippen molar-refractivity contribution in [3.8, 4) is 0 Å². The maximum absolute atomic E-state index is 4.85. The molecule has 0 bridgehead atoms. The number of fused-ring (bicyclic) bond motifs is 1. The Kier molecular flexibility index (Phi) is 12.5. The molecule has 0 spiro atoms. The van der Waals surface area contributed by atoms with Gasteiger partial charge < -0.3 is 4.57 Å². The minimum Gasteiger partial charge on any atom is -0.324 e. The smallest absolute Gasteiger partial charge is 0.110 e. The highest BCUT2D eigenvalue weighted by Gasteiger charge is 2.08. The Labute approximate surface area is 179 Å². The number of imidazole rings is 1. The Hall–Kier alpha value is -1.57. The average molecular weight is 397 g/mol. The van der Waals surface area contributed by atoms with E-state index in [1.165, 1.54) is 108 Å². The molecular weight excluding hydrogens is 352 g/mol. The molecule has 1 aromatic heterocycles. The molecule has 0 amide bonds. The van der Waals surface area contributed by atoms with E-state index in [0.29, 0.717) is 0 Å². The number of aryl methyl sites for hydroxylation is 1. The van der Waals surface area contributed by atoms with E-state index in [4.69, 9.17) is 4.98 Å². The van der Waals surface area contributed by atoms with Gasteiger partial charge in [-0.1, -0.05) is 115 Å². The zero-order valence-corrected chi connectivity index (χ0v) is 19.0. The maximum atomic E-state index is 4.85. The molecular formula is C27H44N2. The van der Waals surface area contributed by atoms with Crippen LogP contribution in [0.2, 0.25) is 0 Å². The minimum absolute atomic E-state index is 0.856. The highest BCUT2D eigenvalue weighted by molar-refractivity contribution is 5.75. The molecule has 0 radical (unpaired) electrons. The summed E-state index contributed by atoms with van der Waals surface area (Å²) in [4.78, 5) is 4.85. The molecule has 0 aliphatic carbocycles. The van der Waals surface area contributed by atoms with E-state index >= 15 is 0 Å². The fourth-order valence-electron chi connectivity index (χ4n) is 4.30. The van der Waals surface area contributed by atoms with Crippen molar-refractivity contribution in [3.05, 3.63) is 42.7 Å². The van der Waals surface area contributed by atoms with Gasteiger partial charge in [0.2, 0.25) is 0 Å². The number of nitrogens with zero attached hydrogens (tertiary/aromatic N) is 2. The van der Waals surface area contributed by atoms with Crippen LogP contribution < -0.4 is 0 Å². The Morgan fingerprint density at radius 3 is 1.83 bits per heavy atom. The lowest BCUT2D eigenvalue weighted by Gasteiger charge is -2.06. The quantitative estimate of drug-likeness (QED) is 0.182. The van der Waals surface area contributed by atoms with Crippen LogP contribution in [0.3, 0.4) is 0 Å². The summed E-state index contributed by atoms with van der Waals surface area (Å²) in [7, 11) is 0. The number of para-hydroxylation sites is 2. The monoisotopic (exact) mass is 396 g/mol. The van der Waals surface area contributed by atoms with E-state index in [1.54, 1.807) is 0 Å². The molecule has 0 aliphatic heterocycles. The molecule has 0 unspecified atom stereocenters. The average Bonchev–Trinajstić information content (AvgIpc) is 3.09. The first-order valence-electron chi connectivity index (χ1n) is 12.4. The number of rotatable bonds is 18. The second kappa shape index (κ2) is 15.3. The second-order valence-corrected chi connectivity index (χ2v) is 8.62. The van der Waals surface area contributed by atoms with E-state index in [0.717, 1.165) is 18.5 Å². The van der Waals surface area contributed by atoms with Crippen molar-refractivity contribution >= 4 is 11.0 Å². The lowest BCUT2D eigenvalue weighted by Crippen LogP contribution is -2.02. The van der Waals surface area contributed by atoms with Crippen LogP contribution in [0.1, 0.15) is 109 Å². The van der Waals surface area contributed by atoms with Crippen LogP contribution in [0.4, 0.5) is 0 Å². The molecule has 2 nitrogen and oxygen atoms in total. The summed E-state index contributed by atoms with van der Waals surface area (Å²) in [6.45, 7) is 7.06. The molecule has 1 heterocycles. The van der Waals surface area contributed by atoms with E-state index in [9.17, 15) is 0 Å². The molecule has 162 valence electrons. The molecule has 0 saturated carbocycles. The Morgan fingerprint density at radius 2 is 1.28 bits per heavy atom. The van der Waals surface area contributed by atoms with Crippen LogP contribution in [-0.4, -0.2) is 9.55 Å². The van der Waals surface area contributed by atoms with E-state index in [1.807, 2.05) is 6.08 Å². The fourth-order valence-corrected chi connectivity index (χ4v) is 4.30. The summed E-state index contributed by atoms with van der Waals surface area (Å²) >= 11 is 0. The van der Waals surface area contributed by atoms with Crippen molar-refractivity contribution in [2.45, 2.75) is 116 Å². The molecule has 2 heteroatoms. The number of hydrogen-bond donors (Lipinski definition) is 0. The topological polar surface area (TPSA) is 17.8 Å². The van der Waals surface area contributed by atoms with Gasteiger partial charge in [0.15, 0.2) is 0 Å². The summed E-state index contributed by atoms with van der Waals surface area (Å²) in [6, 6.07) is 8.46. The Bertz CT molecular complexity index is 670. The van der Waals surface area contributed by atoms with Crippen molar-refractivity contribution in [1.82, 2.24) is 9.55 Å². The first kappa shape index (κ1) is 23.7. The van der Waals surface area contributed by atoms with Crippen LogP contribution in [-0.2, 0) is 13.0 Å². The maximum Gasteiger partial charge on any atom is 0.110 e. The van der Waals surface area contributed by atoms with Gasteiger partial charge in [-0.05, 0) is 18.6 Å². The first-order chi connectivity index (χ1) is 14.4. The van der Waals surface area contributed by atoms with E-state index in [2.05, 4.69) is 42.3 Å². The van der Waals surface area contributed by atoms with Crippen LogP contribution >= 0.6 is 0 Å². The lowest BCUT2D eigenvalue weighted by molar-refractivity contribution is 0.530. The minimum atomic E-state index is 0.856. The molecule has 0 aliphatic rings. The number of allylic oxidation sites excluding steroid dienone is 1. The molecule has 2 rings (SSSR count). The van der Waals surface area contributed by atoms with Gasteiger partial charge in [-0.2, -0.15) is 0 Å². The number of unbranched alkanes of at least 4 members (excludes halogenated alkanes) is 14. The molecule has 0 N–H and O–H groups in total. The SMILES string of the molecule is C=CCn1c(CCCCCCCCCCCCCCCCC)nc2ccccc21. The number of aromatic nitrogens is 2. The van der Waals surface area contributed by atoms with E-state index in [-0.39, 0.29) is 0 Å².